The normalized spacial score (nSPS) is 29.0. The minimum absolute atomic E-state index is 0.0295. The summed E-state index contributed by atoms with van der Waals surface area (Å²) < 4.78 is 15.1. The Hall–Kier alpha value is -2.74. The molecule has 7 nitrogen and oxygen atoms in total. The zero-order chi connectivity index (χ0) is 20.9. The van der Waals surface area contributed by atoms with Crippen LogP contribution in [-0.4, -0.2) is 56.6 Å². The Bertz CT molecular complexity index is 1120. The number of H-pyrrole nitrogens is 1. The number of nitrogens with one attached hydrogen (secondary N) is 1. The van der Waals surface area contributed by atoms with Gasteiger partial charge in [-0.2, -0.15) is 0 Å². The third-order valence-corrected chi connectivity index (χ3v) is 7.68. The molecule has 162 valence electrons. The summed E-state index contributed by atoms with van der Waals surface area (Å²) in [5, 5.41) is 0. The Kier molecular flexibility index (Phi) is 4.56. The predicted octanol–water partition coefficient (Wildman–Crippen LogP) is 2.81. The SMILES string of the molecule is O=c1[nH]c2ccccc2n1C1CC2CC(N3CCN(c4ncc(F)cn4)CC3)CC2C1. The zero-order valence-corrected chi connectivity index (χ0v) is 17.5. The van der Waals surface area contributed by atoms with Gasteiger partial charge in [0, 0.05) is 38.3 Å². The van der Waals surface area contributed by atoms with Gasteiger partial charge in [0.05, 0.1) is 23.4 Å². The van der Waals surface area contributed by atoms with E-state index in [0.29, 0.717) is 29.9 Å². The van der Waals surface area contributed by atoms with E-state index in [1.165, 1.54) is 25.2 Å². The van der Waals surface area contributed by atoms with Gasteiger partial charge >= 0.3 is 5.69 Å². The molecule has 2 aromatic heterocycles. The Balaban J connectivity index is 1.08. The minimum Gasteiger partial charge on any atom is -0.338 e. The fraction of sp³-hybridized carbons (Fsp3) is 0.522. The molecular formula is C23H27FN6O. The van der Waals surface area contributed by atoms with Crippen molar-refractivity contribution in [1.29, 1.82) is 0 Å². The second-order valence-electron chi connectivity index (χ2n) is 9.31. The van der Waals surface area contributed by atoms with E-state index in [0.717, 1.165) is 50.1 Å². The van der Waals surface area contributed by atoms with Gasteiger partial charge in [-0.05, 0) is 49.7 Å². The Morgan fingerprint density at radius 3 is 2.26 bits per heavy atom. The number of hydrogen-bond acceptors (Lipinski definition) is 5. The fourth-order valence-corrected chi connectivity index (χ4v) is 6.25. The molecule has 2 saturated carbocycles. The average molecular weight is 423 g/mol. The monoisotopic (exact) mass is 422 g/mol. The first-order chi connectivity index (χ1) is 15.2. The number of rotatable bonds is 3. The highest BCUT2D eigenvalue weighted by molar-refractivity contribution is 5.75. The fourth-order valence-electron chi connectivity index (χ4n) is 6.25. The second kappa shape index (κ2) is 7.44. The highest BCUT2D eigenvalue weighted by atomic mass is 19.1. The van der Waals surface area contributed by atoms with Crippen LogP contribution in [0.1, 0.15) is 31.7 Å². The lowest BCUT2D eigenvalue weighted by Crippen LogP contribution is -2.50. The van der Waals surface area contributed by atoms with E-state index in [9.17, 15) is 9.18 Å². The van der Waals surface area contributed by atoms with Gasteiger partial charge in [-0.25, -0.2) is 19.2 Å². The smallest absolute Gasteiger partial charge is 0.326 e. The number of imidazole rings is 1. The molecule has 6 rings (SSSR count). The van der Waals surface area contributed by atoms with Gasteiger partial charge in [0.25, 0.3) is 0 Å². The van der Waals surface area contributed by atoms with Crippen molar-refractivity contribution >= 4 is 17.0 Å². The van der Waals surface area contributed by atoms with Crippen molar-refractivity contribution in [2.24, 2.45) is 11.8 Å². The molecule has 2 aliphatic carbocycles. The summed E-state index contributed by atoms with van der Waals surface area (Å²) in [4.78, 5) is 28.6. The van der Waals surface area contributed by atoms with Gasteiger partial charge in [-0.15, -0.1) is 0 Å². The number of aromatic nitrogens is 4. The number of hydrogen-bond donors (Lipinski definition) is 1. The summed E-state index contributed by atoms with van der Waals surface area (Å²) >= 11 is 0. The van der Waals surface area contributed by atoms with Crippen LogP contribution < -0.4 is 10.6 Å². The first-order valence-corrected chi connectivity index (χ1v) is 11.3. The molecule has 1 aliphatic heterocycles. The lowest BCUT2D eigenvalue weighted by Gasteiger charge is -2.38. The molecule has 0 amide bonds. The number of anilines is 1. The molecule has 0 radical (unpaired) electrons. The molecule has 2 unspecified atom stereocenters. The molecule has 1 N–H and O–H groups in total. The molecule has 3 heterocycles. The summed E-state index contributed by atoms with van der Waals surface area (Å²) in [6, 6.07) is 8.95. The van der Waals surface area contributed by atoms with Crippen molar-refractivity contribution in [3.8, 4) is 0 Å². The van der Waals surface area contributed by atoms with Gasteiger partial charge < -0.3 is 9.88 Å². The highest BCUT2D eigenvalue weighted by Crippen LogP contribution is 2.50. The molecule has 2 atom stereocenters. The van der Waals surface area contributed by atoms with Gasteiger partial charge in [0.1, 0.15) is 0 Å². The largest absolute Gasteiger partial charge is 0.338 e. The molecule has 1 saturated heterocycles. The first-order valence-electron chi connectivity index (χ1n) is 11.3. The number of fused-ring (bicyclic) bond motifs is 2. The van der Waals surface area contributed by atoms with E-state index in [1.54, 1.807) is 0 Å². The number of para-hydroxylation sites is 2. The Labute approximate surface area is 179 Å². The quantitative estimate of drug-likeness (QED) is 0.703. The third-order valence-electron chi connectivity index (χ3n) is 7.68. The van der Waals surface area contributed by atoms with E-state index in [-0.39, 0.29) is 5.69 Å². The molecule has 1 aromatic carbocycles. The van der Waals surface area contributed by atoms with E-state index >= 15 is 0 Å². The second-order valence-corrected chi connectivity index (χ2v) is 9.31. The number of aromatic amines is 1. The summed E-state index contributed by atoms with van der Waals surface area (Å²) in [6.07, 6.45) is 7.14. The van der Waals surface area contributed by atoms with Crippen LogP contribution in [0.15, 0.2) is 41.5 Å². The van der Waals surface area contributed by atoms with Crippen LogP contribution in [0.25, 0.3) is 11.0 Å². The van der Waals surface area contributed by atoms with E-state index in [4.69, 9.17) is 0 Å². The lowest BCUT2D eigenvalue weighted by molar-refractivity contribution is 0.176. The van der Waals surface area contributed by atoms with Crippen LogP contribution in [0, 0.1) is 17.7 Å². The molecule has 3 fully saturated rings. The first kappa shape index (κ1) is 19.0. The summed E-state index contributed by atoms with van der Waals surface area (Å²) in [5.41, 5.74) is 2.00. The topological polar surface area (TPSA) is 70.1 Å². The average Bonchev–Trinajstić information content (AvgIpc) is 3.44. The maximum Gasteiger partial charge on any atom is 0.326 e. The number of piperazine rings is 1. The third kappa shape index (κ3) is 3.33. The van der Waals surface area contributed by atoms with Crippen LogP contribution in [0.4, 0.5) is 10.3 Å². The molecule has 3 aromatic rings. The molecule has 8 heteroatoms. The van der Waals surface area contributed by atoms with Crippen molar-refractivity contribution < 1.29 is 4.39 Å². The van der Waals surface area contributed by atoms with Gasteiger partial charge in [-0.1, -0.05) is 12.1 Å². The summed E-state index contributed by atoms with van der Waals surface area (Å²) in [7, 11) is 0. The minimum atomic E-state index is -0.395. The molecule has 31 heavy (non-hydrogen) atoms. The van der Waals surface area contributed by atoms with Gasteiger partial charge in [0.15, 0.2) is 5.82 Å². The number of halogens is 1. The van der Waals surface area contributed by atoms with Crippen molar-refractivity contribution in [2.45, 2.75) is 37.8 Å². The van der Waals surface area contributed by atoms with Crippen LogP contribution in [0.3, 0.4) is 0 Å². The number of nitrogens with zero attached hydrogens (tertiary/aromatic N) is 5. The molecule has 0 spiro atoms. The number of benzene rings is 1. The predicted molar refractivity (Wildman–Crippen MR) is 117 cm³/mol. The molecule has 0 bridgehead atoms. The van der Waals surface area contributed by atoms with Crippen LogP contribution in [-0.2, 0) is 0 Å². The van der Waals surface area contributed by atoms with E-state index in [1.807, 2.05) is 22.8 Å². The van der Waals surface area contributed by atoms with Crippen molar-refractivity contribution in [3.05, 3.63) is 53.0 Å². The van der Waals surface area contributed by atoms with Crippen molar-refractivity contribution in [3.63, 3.8) is 0 Å². The summed E-state index contributed by atoms with van der Waals surface area (Å²) in [5.74, 6) is 1.63. The summed E-state index contributed by atoms with van der Waals surface area (Å²) in [6.45, 7) is 3.75. The maximum atomic E-state index is 13.1. The van der Waals surface area contributed by atoms with Crippen LogP contribution in [0.2, 0.25) is 0 Å². The van der Waals surface area contributed by atoms with Crippen molar-refractivity contribution in [2.75, 3.05) is 31.1 Å². The maximum absolute atomic E-state index is 13.1. The molecular weight excluding hydrogens is 395 g/mol. The van der Waals surface area contributed by atoms with E-state index in [2.05, 4.69) is 30.8 Å². The van der Waals surface area contributed by atoms with Gasteiger partial charge in [0.2, 0.25) is 5.95 Å². The zero-order valence-electron chi connectivity index (χ0n) is 17.5. The van der Waals surface area contributed by atoms with Crippen LogP contribution in [0.5, 0.6) is 0 Å². The lowest BCUT2D eigenvalue weighted by atomic mass is 10.0. The van der Waals surface area contributed by atoms with Gasteiger partial charge in [-0.3, -0.25) is 9.47 Å². The molecule has 3 aliphatic rings. The standard InChI is InChI=1S/C23H27FN6O/c24-17-13-25-22(26-14-17)29-7-5-28(6-8-29)18-9-15-11-19(12-16(15)10-18)30-21-4-2-1-3-20(21)27-23(30)31/h1-4,13-16,18-19H,5-12H2,(H,27,31). The van der Waals surface area contributed by atoms with E-state index < -0.39 is 5.82 Å². The Morgan fingerprint density at radius 2 is 1.55 bits per heavy atom. The van der Waals surface area contributed by atoms with Crippen LogP contribution >= 0.6 is 0 Å². The van der Waals surface area contributed by atoms with Crippen molar-refractivity contribution in [1.82, 2.24) is 24.4 Å². The Morgan fingerprint density at radius 1 is 0.903 bits per heavy atom. The highest BCUT2D eigenvalue weighted by Gasteiger charge is 2.44.